The van der Waals surface area contributed by atoms with E-state index in [-0.39, 0.29) is 5.91 Å². The van der Waals surface area contributed by atoms with Crippen molar-refractivity contribution < 1.29 is 14.3 Å². The number of anilines is 1. The third-order valence-electron chi connectivity index (χ3n) is 5.57. The maximum Gasteiger partial charge on any atom is 0.341 e. The highest BCUT2D eigenvalue weighted by Crippen LogP contribution is 2.34. The molecule has 1 amide bonds. The number of unbranched alkanes of at least 4 members (excludes halogenated alkanes) is 8. The van der Waals surface area contributed by atoms with Crippen LogP contribution >= 0.6 is 23.6 Å². The van der Waals surface area contributed by atoms with Gasteiger partial charge in [-0.3, -0.25) is 4.79 Å². The fourth-order valence-electron chi connectivity index (χ4n) is 3.59. The third-order valence-corrected chi connectivity index (χ3v) is 7.02. The molecule has 0 bridgehead atoms. The molecule has 0 aliphatic carbocycles. The van der Waals surface area contributed by atoms with Gasteiger partial charge in [-0.25, -0.2) is 4.79 Å². The number of nitrogens with zero attached hydrogens (tertiary/aromatic N) is 1. The number of methoxy groups -OCH3 is 1. The summed E-state index contributed by atoms with van der Waals surface area (Å²) in [7, 11) is 1.34. The summed E-state index contributed by atoms with van der Waals surface area (Å²) >= 11 is 6.68. The number of ether oxygens (including phenoxy) is 1. The summed E-state index contributed by atoms with van der Waals surface area (Å²) < 4.78 is 4.95. The van der Waals surface area contributed by atoms with Crippen molar-refractivity contribution in [3.63, 3.8) is 0 Å². The average molecular weight is 484 g/mol. The lowest BCUT2D eigenvalue weighted by atomic mass is 10.1. The van der Waals surface area contributed by atoms with Crippen molar-refractivity contribution in [1.29, 1.82) is 0 Å². The number of esters is 1. The van der Waals surface area contributed by atoms with Crippen molar-refractivity contribution in [3.8, 4) is 0 Å². The number of rotatable bonds is 15. The predicted octanol–water partition coefficient (Wildman–Crippen LogP) is 6.14. The first-order valence-corrected chi connectivity index (χ1v) is 13.2. The molecule has 0 saturated heterocycles. The molecule has 0 aliphatic rings. The Bertz CT molecular complexity index is 730. The topological polar surface area (TPSA) is 70.7 Å². The second-order valence-electron chi connectivity index (χ2n) is 7.94. The first kappa shape index (κ1) is 28.4. The number of hydrogen-bond donors (Lipinski definition) is 2. The van der Waals surface area contributed by atoms with E-state index in [1.807, 2.05) is 13.8 Å². The lowest BCUT2D eigenvalue weighted by molar-refractivity contribution is 0.0601. The zero-order valence-corrected chi connectivity index (χ0v) is 22.1. The standard InChI is InChI=1S/C24H41N3O3S2/c1-6-9-10-11-12-13-14-15-16-17-25-24(31)26-21-19(23(29)30-5)18(4)20(32-21)22(28)27(7-2)8-3/h6-17H2,1-5H3,(H2,25,26,31). The summed E-state index contributed by atoms with van der Waals surface area (Å²) in [5.74, 6) is -0.550. The molecule has 1 aromatic heterocycles. The molecule has 0 fully saturated rings. The molecule has 0 radical (unpaired) electrons. The van der Waals surface area contributed by atoms with E-state index in [1.165, 1.54) is 69.8 Å². The average Bonchev–Trinajstić information content (AvgIpc) is 3.10. The molecule has 0 aromatic carbocycles. The van der Waals surface area contributed by atoms with Gasteiger partial charge >= 0.3 is 5.97 Å². The Kier molecular flexibility index (Phi) is 14.2. The van der Waals surface area contributed by atoms with E-state index in [4.69, 9.17) is 17.0 Å². The van der Waals surface area contributed by atoms with Gasteiger partial charge in [-0.15, -0.1) is 11.3 Å². The fourth-order valence-corrected chi connectivity index (χ4v) is 5.03. The Morgan fingerprint density at radius 3 is 2.06 bits per heavy atom. The summed E-state index contributed by atoms with van der Waals surface area (Å²) in [5.41, 5.74) is 1.00. The molecule has 2 N–H and O–H groups in total. The smallest absolute Gasteiger partial charge is 0.341 e. The molecule has 6 nitrogen and oxygen atoms in total. The van der Waals surface area contributed by atoms with Crippen molar-refractivity contribution in [1.82, 2.24) is 10.2 Å². The summed E-state index contributed by atoms with van der Waals surface area (Å²) in [6.45, 7) is 9.91. The van der Waals surface area contributed by atoms with Crippen LogP contribution in [0.3, 0.4) is 0 Å². The molecule has 0 spiro atoms. The van der Waals surface area contributed by atoms with Crippen molar-refractivity contribution in [2.45, 2.75) is 85.5 Å². The van der Waals surface area contributed by atoms with Crippen molar-refractivity contribution in [3.05, 3.63) is 16.0 Å². The lowest BCUT2D eigenvalue weighted by Crippen LogP contribution is -2.30. The van der Waals surface area contributed by atoms with E-state index < -0.39 is 5.97 Å². The van der Waals surface area contributed by atoms with E-state index in [0.29, 0.717) is 39.2 Å². The highest BCUT2D eigenvalue weighted by Gasteiger charge is 2.27. The van der Waals surface area contributed by atoms with Crippen LogP contribution in [-0.4, -0.2) is 48.6 Å². The van der Waals surface area contributed by atoms with E-state index in [9.17, 15) is 9.59 Å². The van der Waals surface area contributed by atoms with Crippen LogP contribution in [0.5, 0.6) is 0 Å². The van der Waals surface area contributed by atoms with Crippen LogP contribution in [-0.2, 0) is 4.74 Å². The largest absolute Gasteiger partial charge is 0.465 e. The minimum atomic E-state index is -0.471. The molecule has 1 aromatic rings. The number of carbonyl (C=O) groups excluding carboxylic acids is 2. The summed E-state index contributed by atoms with van der Waals surface area (Å²) in [4.78, 5) is 27.5. The van der Waals surface area contributed by atoms with Gasteiger partial charge in [-0.2, -0.15) is 0 Å². The zero-order valence-electron chi connectivity index (χ0n) is 20.5. The molecular weight excluding hydrogens is 442 g/mol. The van der Waals surface area contributed by atoms with Gasteiger partial charge in [0.25, 0.3) is 5.91 Å². The first-order valence-electron chi connectivity index (χ1n) is 12.0. The van der Waals surface area contributed by atoms with Gasteiger partial charge in [0.1, 0.15) is 5.00 Å². The van der Waals surface area contributed by atoms with Gasteiger partial charge in [-0.05, 0) is 45.0 Å². The third kappa shape index (κ3) is 9.06. The first-order chi connectivity index (χ1) is 15.4. The molecule has 1 heterocycles. The predicted molar refractivity (Wildman–Crippen MR) is 139 cm³/mol. The molecule has 0 saturated carbocycles. The number of nitrogens with one attached hydrogen (secondary N) is 2. The highest BCUT2D eigenvalue weighted by molar-refractivity contribution is 7.80. The van der Waals surface area contributed by atoms with Gasteiger partial charge in [0.05, 0.1) is 17.6 Å². The minimum Gasteiger partial charge on any atom is -0.465 e. The highest BCUT2D eigenvalue weighted by atomic mass is 32.1. The summed E-state index contributed by atoms with van der Waals surface area (Å²) in [6.07, 6.45) is 11.5. The SMILES string of the molecule is CCCCCCCCCCCNC(=S)Nc1sc(C(=O)N(CC)CC)c(C)c1C(=O)OC. The molecule has 32 heavy (non-hydrogen) atoms. The Morgan fingerprint density at radius 2 is 1.53 bits per heavy atom. The maximum atomic E-state index is 12.9. The Balaban J connectivity index is 2.59. The molecule has 0 unspecified atom stereocenters. The van der Waals surface area contributed by atoms with Crippen LogP contribution in [0.25, 0.3) is 0 Å². The van der Waals surface area contributed by atoms with Gasteiger partial charge < -0.3 is 20.3 Å². The molecule has 182 valence electrons. The van der Waals surface area contributed by atoms with Gasteiger partial charge in [-0.1, -0.05) is 58.3 Å². The molecule has 8 heteroatoms. The van der Waals surface area contributed by atoms with Gasteiger partial charge in [0.2, 0.25) is 0 Å². The van der Waals surface area contributed by atoms with Gasteiger partial charge in [0, 0.05) is 19.6 Å². The van der Waals surface area contributed by atoms with Crippen LogP contribution < -0.4 is 10.6 Å². The Labute approximate surface area is 203 Å². The van der Waals surface area contributed by atoms with E-state index in [1.54, 1.807) is 11.8 Å². The molecule has 0 aliphatic heterocycles. The quantitative estimate of drug-likeness (QED) is 0.177. The number of amides is 1. The number of hydrogen-bond acceptors (Lipinski definition) is 5. The van der Waals surface area contributed by atoms with E-state index >= 15 is 0 Å². The monoisotopic (exact) mass is 483 g/mol. The second-order valence-corrected chi connectivity index (χ2v) is 9.37. The molecule has 0 atom stereocenters. The van der Waals surface area contributed by atoms with Crippen LogP contribution in [0.2, 0.25) is 0 Å². The number of thiocarbonyl (C=S) groups is 1. The fraction of sp³-hybridized carbons (Fsp3) is 0.708. The number of carbonyl (C=O) groups is 2. The Hall–Kier alpha value is -1.67. The lowest BCUT2D eigenvalue weighted by Gasteiger charge is -2.17. The second kappa shape index (κ2) is 16.0. The Morgan fingerprint density at radius 1 is 0.969 bits per heavy atom. The van der Waals surface area contributed by atoms with Crippen molar-refractivity contribution in [2.24, 2.45) is 0 Å². The maximum absolute atomic E-state index is 12.9. The number of thiophene rings is 1. The van der Waals surface area contributed by atoms with Crippen LogP contribution in [0.4, 0.5) is 5.00 Å². The van der Waals surface area contributed by atoms with Gasteiger partial charge in [0.15, 0.2) is 5.11 Å². The van der Waals surface area contributed by atoms with Crippen molar-refractivity contribution in [2.75, 3.05) is 32.1 Å². The van der Waals surface area contributed by atoms with Crippen LogP contribution in [0.1, 0.15) is 104 Å². The molecular formula is C24H41N3O3S2. The van der Waals surface area contributed by atoms with E-state index in [0.717, 1.165) is 13.0 Å². The van der Waals surface area contributed by atoms with Crippen molar-refractivity contribution >= 4 is 45.5 Å². The normalized spacial score (nSPS) is 10.7. The van der Waals surface area contributed by atoms with Crippen LogP contribution in [0.15, 0.2) is 0 Å². The summed E-state index contributed by atoms with van der Waals surface area (Å²) in [5, 5.41) is 7.34. The summed E-state index contributed by atoms with van der Waals surface area (Å²) in [6, 6.07) is 0. The van der Waals surface area contributed by atoms with Crippen LogP contribution in [0, 0.1) is 6.92 Å². The zero-order chi connectivity index (χ0) is 23.9. The molecule has 1 rings (SSSR count). The van der Waals surface area contributed by atoms with E-state index in [2.05, 4.69) is 17.6 Å². The minimum absolute atomic E-state index is 0.0794.